The highest BCUT2D eigenvalue weighted by atomic mass is 35.5. The van der Waals surface area contributed by atoms with Gasteiger partial charge in [-0.15, -0.1) is 0 Å². The number of carbonyl (C=O) groups excluding carboxylic acids is 1. The van der Waals surface area contributed by atoms with E-state index in [1.54, 1.807) is 18.2 Å². The Hall–Kier alpha value is -2.20. The van der Waals surface area contributed by atoms with E-state index in [2.05, 4.69) is 46.7 Å². The van der Waals surface area contributed by atoms with Crippen molar-refractivity contribution < 1.29 is 4.79 Å². The number of anilines is 2. The first-order valence-corrected chi connectivity index (χ1v) is 9.57. The number of carbonyl (C=O) groups is 1. The molecule has 5 heteroatoms. The monoisotopic (exact) mass is 371 g/mol. The molecule has 0 bridgehead atoms. The highest BCUT2D eigenvalue weighted by Gasteiger charge is 2.16. The van der Waals surface area contributed by atoms with Crippen LogP contribution in [-0.2, 0) is 0 Å². The fourth-order valence-electron chi connectivity index (χ4n) is 3.25. The molecule has 1 saturated heterocycles. The van der Waals surface area contributed by atoms with Gasteiger partial charge in [-0.3, -0.25) is 0 Å². The van der Waals surface area contributed by atoms with Crippen molar-refractivity contribution in [1.82, 2.24) is 5.32 Å². The van der Waals surface area contributed by atoms with E-state index in [0.29, 0.717) is 10.7 Å². The number of nitrogens with zero attached hydrogens (tertiary/aromatic N) is 1. The minimum atomic E-state index is -0.242. The molecule has 2 aromatic carbocycles. The maximum absolute atomic E-state index is 12.2. The number of hydrogen-bond acceptors (Lipinski definition) is 2. The van der Waals surface area contributed by atoms with Gasteiger partial charge in [0.15, 0.2) is 0 Å². The van der Waals surface area contributed by atoms with E-state index in [4.69, 9.17) is 11.6 Å². The molecular formula is C21H26ClN3O. The quantitative estimate of drug-likeness (QED) is 0.749. The highest BCUT2D eigenvalue weighted by molar-refractivity contribution is 6.30. The van der Waals surface area contributed by atoms with Crippen LogP contribution in [0, 0.1) is 5.92 Å². The molecule has 1 unspecified atom stereocenters. The van der Waals surface area contributed by atoms with Crippen molar-refractivity contribution in [3.8, 4) is 0 Å². The first kappa shape index (κ1) is 18.6. The zero-order chi connectivity index (χ0) is 18.5. The largest absolute Gasteiger partial charge is 0.372 e. The zero-order valence-electron chi connectivity index (χ0n) is 15.3. The molecule has 2 amide bonds. The Balaban J connectivity index is 1.56. The summed E-state index contributed by atoms with van der Waals surface area (Å²) in [6, 6.07) is 15.3. The van der Waals surface area contributed by atoms with Gasteiger partial charge < -0.3 is 15.5 Å². The number of benzene rings is 2. The predicted molar refractivity (Wildman–Crippen MR) is 109 cm³/mol. The van der Waals surface area contributed by atoms with Crippen molar-refractivity contribution in [2.45, 2.75) is 32.7 Å². The molecule has 0 radical (unpaired) electrons. The van der Waals surface area contributed by atoms with Gasteiger partial charge in [0.05, 0.1) is 6.04 Å². The maximum Gasteiger partial charge on any atom is 0.319 e. The Kier molecular flexibility index (Phi) is 6.04. The van der Waals surface area contributed by atoms with Crippen LogP contribution in [0.5, 0.6) is 0 Å². The fourth-order valence-corrected chi connectivity index (χ4v) is 3.44. The highest BCUT2D eigenvalue weighted by Crippen LogP contribution is 2.24. The van der Waals surface area contributed by atoms with Crippen molar-refractivity contribution in [1.29, 1.82) is 0 Å². The van der Waals surface area contributed by atoms with Crippen LogP contribution in [0.3, 0.4) is 0 Å². The van der Waals surface area contributed by atoms with Crippen LogP contribution < -0.4 is 15.5 Å². The van der Waals surface area contributed by atoms with Crippen molar-refractivity contribution >= 4 is 29.0 Å². The van der Waals surface area contributed by atoms with E-state index in [9.17, 15) is 4.79 Å². The SMILES string of the molecule is CC1CCN(c2ccc(C(C)NC(=O)Nc3cccc(Cl)c3)cc2)CC1. The summed E-state index contributed by atoms with van der Waals surface area (Å²) < 4.78 is 0. The number of hydrogen-bond donors (Lipinski definition) is 2. The van der Waals surface area contributed by atoms with E-state index in [1.807, 2.05) is 13.0 Å². The van der Waals surface area contributed by atoms with Crippen molar-refractivity contribution in [3.63, 3.8) is 0 Å². The number of amides is 2. The van der Waals surface area contributed by atoms with Gasteiger partial charge in [-0.1, -0.05) is 36.7 Å². The van der Waals surface area contributed by atoms with Crippen molar-refractivity contribution in [2.75, 3.05) is 23.3 Å². The fraction of sp³-hybridized carbons (Fsp3) is 0.381. The lowest BCUT2D eigenvalue weighted by Gasteiger charge is -2.32. The smallest absolute Gasteiger partial charge is 0.319 e. The lowest BCUT2D eigenvalue weighted by molar-refractivity contribution is 0.249. The molecule has 4 nitrogen and oxygen atoms in total. The van der Waals surface area contributed by atoms with Gasteiger partial charge in [-0.25, -0.2) is 4.79 Å². The standard InChI is InChI=1S/C21H26ClN3O/c1-15-10-12-25(13-11-15)20-8-6-17(7-9-20)16(2)23-21(26)24-19-5-3-4-18(22)14-19/h3-9,14-16H,10-13H2,1-2H3,(H2,23,24,26). The van der Waals surface area contributed by atoms with Crippen LogP contribution in [0.25, 0.3) is 0 Å². The second kappa shape index (κ2) is 8.45. The molecule has 1 heterocycles. The minimum Gasteiger partial charge on any atom is -0.372 e. The van der Waals surface area contributed by atoms with Crippen LogP contribution in [0.1, 0.15) is 38.3 Å². The zero-order valence-corrected chi connectivity index (χ0v) is 16.1. The van der Waals surface area contributed by atoms with E-state index in [0.717, 1.165) is 24.6 Å². The Morgan fingerprint density at radius 2 is 1.85 bits per heavy atom. The van der Waals surface area contributed by atoms with E-state index >= 15 is 0 Å². The van der Waals surface area contributed by atoms with Crippen molar-refractivity contribution in [3.05, 3.63) is 59.1 Å². The number of rotatable bonds is 4. The minimum absolute atomic E-state index is 0.0791. The second-order valence-electron chi connectivity index (χ2n) is 7.09. The number of piperidine rings is 1. The molecule has 1 atom stereocenters. The molecule has 26 heavy (non-hydrogen) atoms. The molecule has 0 aromatic heterocycles. The summed E-state index contributed by atoms with van der Waals surface area (Å²) in [7, 11) is 0. The van der Waals surface area contributed by atoms with Gasteiger partial charge in [0.1, 0.15) is 0 Å². The summed E-state index contributed by atoms with van der Waals surface area (Å²) >= 11 is 5.94. The van der Waals surface area contributed by atoms with Gasteiger partial charge in [-0.2, -0.15) is 0 Å². The second-order valence-corrected chi connectivity index (χ2v) is 7.53. The van der Waals surface area contributed by atoms with Gasteiger partial charge in [0, 0.05) is 29.5 Å². The lowest BCUT2D eigenvalue weighted by atomic mass is 9.98. The number of urea groups is 1. The first-order valence-electron chi connectivity index (χ1n) is 9.19. The number of halogens is 1. The Bertz CT molecular complexity index is 739. The Morgan fingerprint density at radius 1 is 1.15 bits per heavy atom. The normalized spacial score (nSPS) is 16.2. The van der Waals surface area contributed by atoms with Crippen molar-refractivity contribution in [2.24, 2.45) is 5.92 Å². The predicted octanol–water partition coefficient (Wildman–Crippen LogP) is 5.46. The summed E-state index contributed by atoms with van der Waals surface area (Å²) in [6.45, 7) is 6.55. The van der Waals surface area contributed by atoms with Crippen LogP contribution in [0.15, 0.2) is 48.5 Å². The van der Waals surface area contributed by atoms with E-state index in [-0.39, 0.29) is 12.1 Å². The average Bonchev–Trinajstić information content (AvgIpc) is 2.62. The van der Waals surface area contributed by atoms with Gasteiger partial charge in [0.2, 0.25) is 0 Å². The molecule has 0 saturated carbocycles. The molecule has 1 fully saturated rings. The first-order chi connectivity index (χ1) is 12.5. The summed E-state index contributed by atoms with van der Waals surface area (Å²) in [5.74, 6) is 0.827. The molecule has 0 aliphatic carbocycles. The van der Waals surface area contributed by atoms with Crippen LogP contribution >= 0.6 is 11.6 Å². The van der Waals surface area contributed by atoms with Gasteiger partial charge >= 0.3 is 6.03 Å². The molecule has 138 valence electrons. The van der Waals surface area contributed by atoms with E-state index < -0.39 is 0 Å². The van der Waals surface area contributed by atoms with E-state index in [1.165, 1.54) is 18.5 Å². The summed E-state index contributed by atoms with van der Waals surface area (Å²) in [6.07, 6.45) is 2.51. The molecule has 2 N–H and O–H groups in total. The topological polar surface area (TPSA) is 44.4 Å². The lowest BCUT2D eigenvalue weighted by Crippen LogP contribution is -2.33. The third-order valence-electron chi connectivity index (χ3n) is 4.97. The molecule has 1 aliphatic rings. The van der Waals surface area contributed by atoms with Crippen LogP contribution in [0.4, 0.5) is 16.2 Å². The average molecular weight is 372 g/mol. The summed E-state index contributed by atoms with van der Waals surface area (Å²) in [5.41, 5.74) is 3.02. The van der Waals surface area contributed by atoms with Gasteiger partial charge in [0.25, 0.3) is 0 Å². The maximum atomic E-state index is 12.2. The van der Waals surface area contributed by atoms with Crippen LogP contribution in [0.2, 0.25) is 5.02 Å². The third-order valence-corrected chi connectivity index (χ3v) is 5.21. The summed E-state index contributed by atoms with van der Waals surface area (Å²) in [4.78, 5) is 14.6. The summed E-state index contributed by atoms with van der Waals surface area (Å²) in [5, 5.41) is 6.37. The Morgan fingerprint density at radius 3 is 2.50 bits per heavy atom. The third kappa shape index (κ3) is 4.92. The van der Waals surface area contributed by atoms with Gasteiger partial charge in [-0.05, 0) is 61.6 Å². The molecule has 2 aromatic rings. The molecular weight excluding hydrogens is 346 g/mol. The number of nitrogens with one attached hydrogen (secondary N) is 2. The van der Waals surface area contributed by atoms with Crippen LogP contribution in [-0.4, -0.2) is 19.1 Å². The molecule has 0 spiro atoms. The Labute approximate surface area is 160 Å². The molecule has 1 aliphatic heterocycles. The molecule has 3 rings (SSSR count).